The molecule has 0 radical (unpaired) electrons. The van der Waals surface area contributed by atoms with Crippen LogP contribution in [0.2, 0.25) is 0 Å². The highest BCUT2D eigenvalue weighted by molar-refractivity contribution is 7.12. The third kappa shape index (κ3) is 4.84. The first-order valence-corrected chi connectivity index (χ1v) is 5.45. The fourth-order valence-electron chi connectivity index (χ4n) is 1.00. The van der Waals surface area contributed by atoms with Crippen molar-refractivity contribution in [3.63, 3.8) is 0 Å². The molecule has 0 saturated heterocycles. The largest absolute Gasteiger partial charge is 0.433 e. The molecule has 4 nitrogen and oxygen atoms in total. The van der Waals surface area contributed by atoms with Crippen molar-refractivity contribution in [1.82, 2.24) is 5.32 Å². The molecule has 0 aromatic carbocycles. The van der Waals surface area contributed by atoms with Gasteiger partial charge in [0.1, 0.15) is 10.6 Å². The Labute approximate surface area is 108 Å². The number of hydrogen-bond donors (Lipinski definition) is 2. The first-order valence-electron chi connectivity index (χ1n) is 4.57. The topological polar surface area (TPSA) is 64.3 Å². The van der Waals surface area contributed by atoms with Gasteiger partial charge in [0.2, 0.25) is 0 Å². The Morgan fingerprint density at radius 1 is 1.65 bits per heavy atom. The normalized spacial score (nSPS) is 11.8. The summed E-state index contributed by atoms with van der Waals surface area (Å²) in [6, 6.07) is 1.12. The minimum atomic E-state index is -2.94. The SMILES string of the molecule is C[C@@H](CN)NC(=O)c1sccc1OC(F)F.Cl. The van der Waals surface area contributed by atoms with Gasteiger partial charge in [0.25, 0.3) is 5.91 Å². The van der Waals surface area contributed by atoms with Gasteiger partial charge in [-0.15, -0.1) is 23.7 Å². The zero-order valence-electron chi connectivity index (χ0n) is 8.98. The lowest BCUT2D eigenvalue weighted by Crippen LogP contribution is -2.37. The van der Waals surface area contributed by atoms with Crippen LogP contribution in [0.15, 0.2) is 11.4 Å². The zero-order chi connectivity index (χ0) is 12.1. The molecular weight excluding hydrogens is 274 g/mol. The minimum absolute atomic E-state index is 0. The van der Waals surface area contributed by atoms with Crippen LogP contribution in [-0.4, -0.2) is 25.1 Å². The molecule has 1 aromatic rings. The number of rotatable bonds is 5. The lowest BCUT2D eigenvalue weighted by Gasteiger charge is -2.11. The van der Waals surface area contributed by atoms with Gasteiger partial charge in [0.05, 0.1) is 0 Å². The van der Waals surface area contributed by atoms with E-state index < -0.39 is 12.5 Å². The fraction of sp³-hybridized carbons (Fsp3) is 0.444. The van der Waals surface area contributed by atoms with E-state index in [4.69, 9.17) is 5.73 Å². The maximum absolute atomic E-state index is 12.0. The summed E-state index contributed by atoms with van der Waals surface area (Å²) in [5.41, 5.74) is 5.33. The van der Waals surface area contributed by atoms with Crippen molar-refractivity contribution in [2.24, 2.45) is 5.73 Å². The van der Waals surface area contributed by atoms with E-state index in [2.05, 4.69) is 10.1 Å². The molecule has 1 heterocycles. The van der Waals surface area contributed by atoms with Gasteiger partial charge in [0, 0.05) is 12.6 Å². The van der Waals surface area contributed by atoms with E-state index in [1.807, 2.05) is 0 Å². The summed E-state index contributed by atoms with van der Waals surface area (Å²) in [7, 11) is 0. The highest BCUT2D eigenvalue weighted by Crippen LogP contribution is 2.26. The molecule has 1 rings (SSSR count). The van der Waals surface area contributed by atoms with Crippen LogP contribution in [0.5, 0.6) is 5.75 Å². The van der Waals surface area contributed by atoms with E-state index in [9.17, 15) is 13.6 Å². The van der Waals surface area contributed by atoms with Crippen LogP contribution in [0.3, 0.4) is 0 Å². The van der Waals surface area contributed by atoms with E-state index in [0.717, 1.165) is 11.3 Å². The number of carbonyl (C=O) groups excluding carboxylic acids is 1. The molecule has 98 valence electrons. The van der Waals surface area contributed by atoms with E-state index in [-0.39, 0.29) is 35.6 Å². The van der Waals surface area contributed by atoms with Crippen molar-refractivity contribution in [2.45, 2.75) is 19.6 Å². The molecule has 0 spiro atoms. The number of halogens is 3. The van der Waals surface area contributed by atoms with Crippen molar-refractivity contribution < 1.29 is 18.3 Å². The molecule has 1 amide bonds. The molecular formula is C9H13ClF2N2O2S. The maximum Gasteiger partial charge on any atom is 0.387 e. The second-order valence-corrected chi connectivity index (χ2v) is 4.02. The molecule has 8 heteroatoms. The summed E-state index contributed by atoms with van der Waals surface area (Å²) < 4.78 is 28.2. The summed E-state index contributed by atoms with van der Waals surface area (Å²) in [5, 5.41) is 4.08. The number of nitrogens with one attached hydrogen (secondary N) is 1. The van der Waals surface area contributed by atoms with Crippen molar-refractivity contribution in [1.29, 1.82) is 0 Å². The first-order chi connectivity index (χ1) is 7.54. The molecule has 0 fully saturated rings. The number of nitrogens with two attached hydrogens (primary N) is 1. The van der Waals surface area contributed by atoms with Gasteiger partial charge in [-0.3, -0.25) is 4.79 Å². The average molecular weight is 287 g/mol. The highest BCUT2D eigenvalue weighted by Gasteiger charge is 2.18. The van der Waals surface area contributed by atoms with E-state index in [1.54, 1.807) is 6.92 Å². The molecule has 0 unspecified atom stereocenters. The standard InChI is InChI=1S/C9H12F2N2O2S.ClH/c1-5(4-12)13-8(14)7-6(2-3-16-7)15-9(10)11;/h2-3,5,9H,4,12H2,1H3,(H,13,14);1H/t5-;/m0./s1. The summed E-state index contributed by atoms with van der Waals surface area (Å²) in [5.74, 6) is -0.565. The smallest absolute Gasteiger partial charge is 0.387 e. The average Bonchev–Trinajstić information content (AvgIpc) is 2.64. The summed E-state index contributed by atoms with van der Waals surface area (Å²) in [4.78, 5) is 11.7. The predicted octanol–water partition coefficient (Wildman–Crippen LogP) is 1.85. The van der Waals surface area contributed by atoms with Gasteiger partial charge in [0.15, 0.2) is 0 Å². The van der Waals surface area contributed by atoms with Crippen LogP contribution in [0.1, 0.15) is 16.6 Å². The number of alkyl halides is 2. The van der Waals surface area contributed by atoms with Gasteiger partial charge in [-0.25, -0.2) is 0 Å². The van der Waals surface area contributed by atoms with E-state index >= 15 is 0 Å². The maximum atomic E-state index is 12.0. The predicted molar refractivity (Wildman–Crippen MR) is 64.2 cm³/mol. The first kappa shape index (κ1) is 16.1. The Hall–Kier alpha value is -0.920. The summed E-state index contributed by atoms with van der Waals surface area (Å²) in [6.07, 6.45) is 0. The molecule has 1 aromatic heterocycles. The third-order valence-corrected chi connectivity index (χ3v) is 2.68. The third-order valence-electron chi connectivity index (χ3n) is 1.78. The van der Waals surface area contributed by atoms with Crippen molar-refractivity contribution in [2.75, 3.05) is 6.54 Å². The number of carbonyl (C=O) groups is 1. The number of hydrogen-bond acceptors (Lipinski definition) is 4. The number of thiophene rings is 1. The lowest BCUT2D eigenvalue weighted by atomic mass is 10.3. The summed E-state index contributed by atoms with van der Waals surface area (Å²) >= 11 is 1.04. The molecule has 3 N–H and O–H groups in total. The van der Waals surface area contributed by atoms with Crippen molar-refractivity contribution in [3.05, 3.63) is 16.3 Å². The molecule has 0 aliphatic heterocycles. The Kier molecular flexibility index (Phi) is 7.01. The molecule has 0 aliphatic carbocycles. The minimum Gasteiger partial charge on any atom is -0.433 e. The van der Waals surface area contributed by atoms with Crippen LogP contribution in [0, 0.1) is 0 Å². The van der Waals surface area contributed by atoms with Gasteiger partial charge in [-0.05, 0) is 18.4 Å². The lowest BCUT2D eigenvalue weighted by molar-refractivity contribution is -0.0498. The molecule has 0 bridgehead atoms. The summed E-state index contributed by atoms with van der Waals surface area (Å²) in [6.45, 7) is -0.936. The monoisotopic (exact) mass is 286 g/mol. The highest BCUT2D eigenvalue weighted by atomic mass is 35.5. The quantitative estimate of drug-likeness (QED) is 0.868. The Balaban J connectivity index is 0.00000256. The van der Waals surface area contributed by atoms with E-state index in [1.165, 1.54) is 11.4 Å². The second kappa shape index (κ2) is 7.41. The van der Waals surface area contributed by atoms with Crippen molar-refractivity contribution in [3.8, 4) is 5.75 Å². The van der Waals surface area contributed by atoms with Gasteiger partial charge < -0.3 is 15.8 Å². The molecule has 0 saturated carbocycles. The van der Waals surface area contributed by atoms with Crippen LogP contribution < -0.4 is 15.8 Å². The Morgan fingerprint density at radius 2 is 2.29 bits per heavy atom. The van der Waals surface area contributed by atoms with E-state index in [0.29, 0.717) is 0 Å². The fourth-order valence-corrected chi connectivity index (χ4v) is 1.73. The van der Waals surface area contributed by atoms with Crippen LogP contribution in [0.25, 0.3) is 0 Å². The van der Waals surface area contributed by atoms with Gasteiger partial charge >= 0.3 is 6.61 Å². The molecule has 1 atom stereocenters. The Morgan fingerprint density at radius 3 is 2.82 bits per heavy atom. The number of ether oxygens (including phenoxy) is 1. The van der Waals surface area contributed by atoms with Gasteiger partial charge in [-0.2, -0.15) is 8.78 Å². The zero-order valence-corrected chi connectivity index (χ0v) is 10.6. The van der Waals surface area contributed by atoms with Crippen LogP contribution in [0.4, 0.5) is 8.78 Å². The molecule has 17 heavy (non-hydrogen) atoms. The van der Waals surface area contributed by atoms with Crippen LogP contribution in [-0.2, 0) is 0 Å². The molecule has 0 aliphatic rings. The van der Waals surface area contributed by atoms with Crippen molar-refractivity contribution >= 4 is 29.7 Å². The number of amides is 1. The van der Waals surface area contributed by atoms with Gasteiger partial charge in [-0.1, -0.05) is 0 Å². The Bertz CT molecular complexity index is 363. The second-order valence-electron chi connectivity index (χ2n) is 3.10. The van der Waals surface area contributed by atoms with Crippen LogP contribution >= 0.6 is 23.7 Å².